The largest absolute Gasteiger partial charge is 0.370 e. The number of aliphatic imine (C=N–C) groups is 1. The molecule has 0 aromatic heterocycles. The lowest BCUT2D eigenvalue weighted by molar-refractivity contribution is 0.854. The quantitative estimate of drug-likeness (QED) is 0.381. The van der Waals surface area contributed by atoms with Gasteiger partial charge in [0.2, 0.25) is 0 Å². The topological polar surface area (TPSA) is 50.4 Å². The van der Waals surface area contributed by atoms with Crippen LogP contribution in [0.25, 0.3) is 0 Å². The monoisotopic (exact) mass is 343 g/mol. The van der Waals surface area contributed by atoms with Gasteiger partial charge in [-0.2, -0.15) is 0 Å². The SMILES string of the molecule is C=CCN=C(N)NC1CC1c1ccccc1.I. The van der Waals surface area contributed by atoms with Gasteiger partial charge in [0, 0.05) is 12.0 Å². The van der Waals surface area contributed by atoms with Gasteiger partial charge in [-0.25, -0.2) is 4.99 Å². The molecule has 0 aliphatic heterocycles. The molecule has 1 aromatic rings. The molecule has 0 saturated heterocycles. The number of hydrogen-bond acceptors (Lipinski definition) is 1. The summed E-state index contributed by atoms with van der Waals surface area (Å²) < 4.78 is 0. The van der Waals surface area contributed by atoms with E-state index in [1.54, 1.807) is 6.08 Å². The van der Waals surface area contributed by atoms with E-state index in [1.165, 1.54) is 5.56 Å². The van der Waals surface area contributed by atoms with Crippen molar-refractivity contribution in [2.24, 2.45) is 10.7 Å². The zero-order chi connectivity index (χ0) is 11.4. The molecular formula is C13H18IN3. The molecule has 92 valence electrons. The predicted molar refractivity (Wildman–Crippen MR) is 82.8 cm³/mol. The second-order valence-corrected chi connectivity index (χ2v) is 4.02. The van der Waals surface area contributed by atoms with E-state index in [-0.39, 0.29) is 24.0 Å². The van der Waals surface area contributed by atoms with Crippen LogP contribution in [0.5, 0.6) is 0 Å². The highest BCUT2D eigenvalue weighted by molar-refractivity contribution is 14.0. The normalized spacial score (nSPS) is 22.5. The lowest BCUT2D eigenvalue weighted by Crippen LogP contribution is -2.34. The van der Waals surface area contributed by atoms with Crippen LogP contribution in [0, 0.1) is 0 Å². The first-order valence-electron chi connectivity index (χ1n) is 5.53. The molecule has 1 saturated carbocycles. The fourth-order valence-electron chi connectivity index (χ4n) is 1.82. The van der Waals surface area contributed by atoms with Crippen molar-refractivity contribution in [3.05, 3.63) is 48.6 Å². The summed E-state index contributed by atoms with van der Waals surface area (Å²) in [5.41, 5.74) is 7.10. The minimum Gasteiger partial charge on any atom is -0.370 e. The van der Waals surface area contributed by atoms with Gasteiger partial charge >= 0.3 is 0 Å². The van der Waals surface area contributed by atoms with E-state index in [9.17, 15) is 0 Å². The first kappa shape index (κ1) is 14.0. The van der Waals surface area contributed by atoms with E-state index in [0.717, 1.165) is 6.42 Å². The maximum absolute atomic E-state index is 5.73. The Labute approximate surface area is 119 Å². The smallest absolute Gasteiger partial charge is 0.189 e. The van der Waals surface area contributed by atoms with Crippen LogP contribution in [-0.2, 0) is 0 Å². The molecule has 0 radical (unpaired) electrons. The van der Waals surface area contributed by atoms with E-state index in [0.29, 0.717) is 24.5 Å². The molecule has 1 aliphatic carbocycles. The van der Waals surface area contributed by atoms with Crippen molar-refractivity contribution in [3.8, 4) is 0 Å². The highest BCUT2D eigenvalue weighted by Gasteiger charge is 2.38. The molecule has 1 aromatic carbocycles. The van der Waals surface area contributed by atoms with E-state index < -0.39 is 0 Å². The van der Waals surface area contributed by atoms with Gasteiger partial charge in [-0.3, -0.25) is 0 Å². The summed E-state index contributed by atoms with van der Waals surface area (Å²) in [6.45, 7) is 4.17. The number of rotatable bonds is 4. The van der Waals surface area contributed by atoms with Crippen LogP contribution in [0.15, 0.2) is 48.0 Å². The summed E-state index contributed by atoms with van der Waals surface area (Å²) in [7, 11) is 0. The summed E-state index contributed by atoms with van der Waals surface area (Å²) in [6, 6.07) is 10.9. The van der Waals surface area contributed by atoms with Crippen molar-refractivity contribution in [1.82, 2.24) is 5.32 Å². The van der Waals surface area contributed by atoms with Gasteiger partial charge < -0.3 is 11.1 Å². The molecule has 0 heterocycles. The molecule has 1 fully saturated rings. The molecule has 3 N–H and O–H groups in total. The molecule has 2 atom stereocenters. The van der Waals surface area contributed by atoms with Crippen molar-refractivity contribution in [3.63, 3.8) is 0 Å². The van der Waals surface area contributed by atoms with Crippen molar-refractivity contribution < 1.29 is 0 Å². The molecule has 2 rings (SSSR count). The Bertz CT molecular complexity index is 389. The average Bonchev–Trinajstić information content (AvgIpc) is 3.07. The molecule has 0 spiro atoms. The van der Waals surface area contributed by atoms with E-state index >= 15 is 0 Å². The zero-order valence-electron chi connectivity index (χ0n) is 9.67. The van der Waals surface area contributed by atoms with Crippen LogP contribution in [0.2, 0.25) is 0 Å². The van der Waals surface area contributed by atoms with E-state index in [1.807, 2.05) is 6.07 Å². The highest BCUT2D eigenvalue weighted by Crippen LogP contribution is 2.40. The number of hydrogen-bond donors (Lipinski definition) is 2. The second-order valence-electron chi connectivity index (χ2n) is 4.02. The van der Waals surface area contributed by atoms with Crippen molar-refractivity contribution >= 4 is 29.9 Å². The summed E-state index contributed by atoms with van der Waals surface area (Å²) >= 11 is 0. The number of nitrogens with zero attached hydrogens (tertiary/aromatic N) is 1. The van der Waals surface area contributed by atoms with Crippen LogP contribution >= 0.6 is 24.0 Å². The molecule has 2 unspecified atom stereocenters. The van der Waals surface area contributed by atoms with Gasteiger partial charge in [0.15, 0.2) is 5.96 Å². The molecule has 0 bridgehead atoms. The van der Waals surface area contributed by atoms with Gasteiger partial charge in [-0.1, -0.05) is 36.4 Å². The number of nitrogens with one attached hydrogen (secondary N) is 1. The van der Waals surface area contributed by atoms with Gasteiger partial charge in [0.25, 0.3) is 0 Å². The fraction of sp³-hybridized carbons (Fsp3) is 0.308. The van der Waals surface area contributed by atoms with Crippen molar-refractivity contribution in [2.75, 3.05) is 6.54 Å². The lowest BCUT2D eigenvalue weighted by Gasteiger charge is -2.04. The number of halogens is 1. The number of benzene rings is 1. The first-order valence-corrected chi connectivity index (χ1v) is 5.53. The summed E-state index contributed by atoms with van der Waals surface area (Å²) in [6.07, 6.45) is 2.87. The molecule has 4 heteroatoms. The highest BCUT2D eigenvalue weighted by atomic mass is 127. The summed E-state index contributed by atoms with van der Waals surface area (Å²) in [5.74, 6) is 1.10. The Hall–Kier alpha value is -1.04. The average molecular weight is 343 g/mol. The van der Waals surface area contributed by atoms with Gasteiger partial charge in [0.1, 0.15) is 0 Å². The van der Waals surface area contributed by atoms with Gasteiger partial charge in [-0.05, 0) is 12.0 Å². The third kappa shape index (κ3) is 4.03. The number of nitrogens with two attached hydrogens (primary N) is 1. The van der Waals surface area contributed by atoms with E-state index in [2.05, 4.69) is 41.2 Å². The van der Waals surface area contributed by atoms with Crippen LogP contribution < -0.4 is 11.1 Å². The Morgan fingerprint density at radius 3 is 2.82 bits per heavy atom. The van der Waals surface area contributed by atoms with Crippen LogP contribution in [-0.4, -0.2) is 18.5 Å². The molecule has 1 aliphatic rings. The molecule has 3 nitrogen and oxygen atoms in total. The standard InChI is InChI=1S/C13H17N3.HI/c1-2-8-15-13(14)16-12-9-11(12)10-6-4-3-5-7-10;/h2-7,11-12H,1,8-9H2,(H3,14,15,16);1H. The minimum atomic E-state index is 0. The van der Waals surface area contributed by atoms with Crippen LogP contribution in [0.3, 0.4) is 0 Å². The Kier molecular flexibility index (Phi) is 5.47. The zero-order valence-corrected chi connectivity index (χ0v) is 12.0. The second kappa shape index (κ2) is 6.64. The number of guanidine groups is 1. The molecule has 17 heavy (non-hydrogen) atoms. The summed E-state index contributed by atoms with van der Waals surface area (Å²) in [4.78, 5) is 4.12. The molecular weight excluding hydrogens is 325 g/mol. The van der Waals surface area contributed by atoms with Crippen molar-refractivity contribution in [2.45, 2.75) is 18.4 Å². The summed E-state index contributed by atoms with van der Waals surface area (Å²) in [5, 5.41) is 3.22. The van der Waals surface area contributed by atoms with Gasteiger partial charge in [-0.15, -0.1) is 30.6 Å². The Morgan fingerprint density at radius 2 is 2.18 bits per heavy atom. The van der Waals surface area contributed by atoms with Crippen molar-refractivity contribution in [1.29, 1.82) is 0 Å². The maximum Gasteiger partial charge on any atom is 0.189 e. The van der Waals surface area contributed by atoms with Crippen LogP contribution in [0.4, 0.5) is 0 Å². The van der Waals surface area contributed by atoms with Gasteiger partial charge in [0.05, 0.1) is 6.54 Å². The van der Waals surface area contributed by atoms with E-state index in [4.69, 9.17) is 5.73 Å². The Balaban J connectivity index is 0.00000144. The maximum atomic E-state index is 5.73. The lowest BCUT2D eigenvalue weighted by atomic mass is 10.1. The third-order valence-electron chi connectivity index (χ3n) is 2.74. The Morgan fingerprint density at radius 1 is 1.47 bits per heavy atom. The van der Waals surface area contributed by atoms with Crippen LogP contribution in [0.1, 0.15) is 17.9 Å². The molecule has 0 amide bonds. The minimum absolute atomic E-state index is 0. The predicted octanol–water partition coefficient (Wildman–Crippen LogP) is 2.25. The fourth-order valence-corrected chi connectivity index (χ4v) is 1.82. The third-order valence-corrected chi connectivity index (χ3v) is 2.74. The first-order chi connectivity index (χ1) is 7.81.